The van der Waals surface area contributed by atoms with Crippen LogP contribution in [0.5, 0.6) is 0 Å². The van der Waals surface area contributed by atoms with E-state index in [1.807, 2.05) is 0 Å². The van der Waals surface area contributed by atoms with Gasteiger partial charge in [0.1, 0.15) is 5.82 Å². The molecule has 1 nitrogen and oxygen atoms in total. The second-order valence-electron chi connectivity index (χ2n) is 1.67. The second kappa shape index (κ2) is 3.93. The van der Waals surface area contributed by atoms with Gasteiger partial charge in [-0.2, -0.15) is 0 Å². The Labute approximate surface area is 77.3 Å². The van der Waals surface area contributed by atoms with Gasteiger partial charge in [-0.3, -0.25) is 0 Å². The lowest BCUT2D eigenvalue weighted by Crippen LogP contribution is -1.88. The van der Waals surface area contributed by atoms with Crippen molar-refractivity contribution in [3.05, 3.63) is 28.5 Å². The monoisotopic (exact) mass is 269 g/mol. The Balaban J connectivity index is 0.000000810. The third-order valence-corrected chi connectivity index (χ3v) is 1.46. The lowest BCUT2D eigenvalue weighted by atomic mass is 10.3. The molecule has 1 aromatic carbocycles. The van der Waals surface area contributed by atoms with Crippen LogP contribution in [0.2, 0.25) is 0 Å². The Bertz CT molecular complexity index is 227. The molecule has 0 amide bonds. The lowest BCUT2D eigenvalue weighted by Gasteiger charge is -1.93. The number of nitrogens with two attached hydrogens (primary N) is 1. The SMILES string of the molecule is Br.Nc1ccc(Br)cc1F. The van der Waals surface area contributed by atoms with E-state index in [-0.39, 0.29) is 28.5 Å². The van der Waals surface area contributed by atoms with Crippen LogP contribution < -0.4 is 5.73 Å². The molecule has 0 aliphatic heterocycles. The third kappa shape index (κ3) is 2.27. The smallest absolute Gasteiger partial charge is 0.147 e. The van der Waals surface area contributed by atoms with Gasteiger partial charge in [0.2, 0.25) is 0 Å². The standard InChI is InChI=1S/C6H5BrFN.BrH/c7-4-1-2-6(9)5(8)3-4;/h1-3H,9H2;1H. The highest BCUT2D eigenvalue weighted by Crippen LogP contribution is 2.15. The maximum Gasteiger partial charge on any atom is 0.147 e. The van der Waals surface area contributed by atoms with E-state index in [4.69, 9.17) is 5.73 Å². The fourth-order valence-corrected chi connectivity index (χ4v) is 0.835. The molecule has 0 radical (unpaired) electrons. The van der Waals surface area contributed by atoms with Crippen molar-refractivity contribution in [3.8, 4) is 0 Å². The summed E-state index contributed by atoms with van der Waals surface area (Å²) >= 11 is 3.10. The zero-order valence-electron chi connectivity index (χ0n) is 4.97. The second-order valence-corrected chi connectivity index (χ2v) is 2.58. The molecule has 0 heterocycles. The Hall–Kier alpha value is -0.0900. The van der Waals surface area contributed by atoms with Crippen LogP contribution in [0.1, 0.15) is 0 Å². The average Bonchev–Trinajstić information content (AvgIpc) is 1.80. The summed E-state index contributed by atoms with van der Waals surface area (Å²) in [6.07, 6.45) is 0. The first-order valence-electron chi connectivity index (χ1n) is 2.40. The fraction of sp³-hybridized carbons (Fsp3) is 0. The molecule has 1 rings (SSSR count). The molecule has 2 N–H and O–H groups in total. The van der Waals surface area contributed by atoms with Gasteiger partial charge in [-0.1, -0.05) is 15.9 Å². The molecule has 0 aliphatic rings. The maximum atomic E-state index is 12.4. The van der Waals surface area contributed by atoms with E-state index < -0.39 is 0 Å². The highest BCUT2D eigenvalue weighted by atomic mass is 79.9. The molecule has 0 saturated heterocycles. The van der Waals surface area contributed by atoms with Gasteiger partial charge in [0.05, 0.1) is 5.69 Å². The summed E-state index contributed by atoms with van der Waals surface area (Å²) in [7, 11) is 0. The number of benzene rings is 1. The zero-order chi connectivity index (χ0) is 6.85. The molecule has 0 saturated carbocycles. The van der Waals surface area contributed by atoms with Crippen LogP contribution in [0.15, 0.2) is 22.7 Å². The molecule has 56 valence electrons. The van der Waals surface area contributed by atoms with Gasteiger partial charge in [0.25, 0.3) is 0 Å². The third-order valence-electron chi connectivity index (χ3n) is 0.962. The summed E-state index contributed by atoms with van der Waals surface area (Å²) in [5, 5.41) is 0. The van der Waals surface area contributed by atoms with Gasteiger partial charge in [-0.05, 0) is 18.2 Å². The first-order chi connectivity index (χ1) is 4.20. The number of halogens is 3. The summed E-state index contributed by atoms with van der Waals surface area (Å²) in [4.78, 5) is 0. The number of hydrogen-bond acceptors (Lipinski definition) is 1. The number of nitrogen functional groups attached to an aromatic ring is 1. The minimum atomic E-state index is -0.385. The molecule has 4 heteroatoms. The van der Waals surface area contributed by atoms with Crippen molar-refractivity contribution in [1.82, 2.24) is 0 Å². The van der Waals surface area contributed by atoms with Crippen molar-refractivity contribution in [2.24, 2.45) is 0 Å². The molecule has 0 aliphatic carbocycles. The Morgan fingerprint density at radius 1 is 1.40 bits per heavy atom. The first-order valence-corrected chi connectivity index (χ1v) is 3.20. The molecule has 0 fully saturated rings. The van der Waals surface area contributed by atoms with Crippen molar-refractivity contribution in [2.45, 2.75) is 0 Å². The summed E-state index contributed by atoms with van der Waals surface area (Å²) in [6, 6.07) is 4.53. The first kappa shape index (κ1) is 9.91. The van der Waals surface area contributed by atoms with Crippen molar-refractivity contribution in [1.29, 1.82) is 0 Å². The number of hydrogen-bond donors (Lipinski definition) is 1. The molecule has 0 spiro atoms. The molecule has 0 unspecified atom stereocenters. The summed E-state index contributed by atoms with van der Waals surface area (Å²) in [6.45, 7) is 0. The van der Waals surface area contributed by atoms with E-state index >= 15 is 0 Å². The summed E-state index contributed by atoms with van der Waals surface area (Å²) in [5.41, 5.74) is 5.37. The van der Waals surface area contributed by atoms with Crippen LogP contribution >= 0.6 is 32.9 Å². The predicted molar refractivity (Wildman–Crippen MR) is 48.8 cm³/mol. The van der Waals surface area contributed by atoms with Crippen LogP contribution in [0, 0.1) is 5.82 Å². The predicted octanol–water partition coefficient (Wildman–Crippen LogP) is 2.75. The molecular formula is C6H6Br2FN. The van der Waals surface area contributed by atoms with Crippen molar-refractivity contribution >= 4 is 38.6 Å². The average molecular weight is 271 g/mol. The largest absolute Gasteiger partial charge is 0.396 e. The lowest BCUT2D eigenvalue weighted by molar-refractivity contribution is 0.631. The maximum absolute atomic E-state index is 12.4. The van der Waals surface area contributed by atoms with E-state index in [0.29, 0.717) is 4.47 Å². The molecule has 0 atom stereocenters. The van der Waals surface area contributed by atoms with E-state index in [9.17, 15) is 4.39 Å². The minimum absolute atomic E-state index is 0. The van der Waals surface area contributed by atoms with E-state index in [1.165, 1.54) is 12.1 Å². The normalized spacial score (nSPS) is 8.60. The van der Waals surface area contributed by atoms with Gasteiger partial charge >= 0.3 is 0 Å². The fourth-order valence-electron chi connectivity index (χ4n) is 0.502. The molecule has 0 bridgehead atoms. The van der Waals surface area contributed by atoms with E-state index in [2.05, 4.69) is 15.9 Å². The molecule has 10 heavy (non-hydrogen) atoms. The molecule has 1 aromatic rings. The van der Waals surface area contributed by atoms with Crippen molar-refractivity contribution in [2.75, 3.05) is 5.73 Å². The topological polar surface area (TPSA) is 26.0 Å². The highest BCUT2D eigenvalue weighted by Gasteiger charge is 1.95. The van der Waals surface area contributed by atoms with Crippen LogP contribution in [-0.2, 0) is 0 Å². The van der Waals surface area contributed by atoms with Gasteiger partial charge in [0.15, 0.2) is 0 Å². The summed E-state index contributed by atoms with van der Waals surface area (Å²) in [5.74, 6) is -0.385. The quantitative estimate of drug-likeness (QED) is 0.721. The van der Waals surface area contributed by atoms with Crippen LogP contribution in [0.4, 0.5) is 10.1 Å². The Morgan fingerprint density at radius 2 is 2.00 bits per heavy atom. The minimum Gasteiger partial charge on any atom is -0.396 e. The van der Waals surface area contributed by atoms with Gasteiger partial charge in [0, 0.05) is 4.47 Å². The van der Waals surface area contributed by atoms with Crippen LogP contribution in [0.3, 0.4) is 0 Å². The zero-order valence-corrected chi connectivity index (χ0v) is 8.27. The van der Waals surface area contributed by atoms with Crippen LogP contribution in [-0.4, -0.2) is 0 Å². The van der Waals surface area contributed by atoms with Gasteiger partial charge < -0.3 is 5.73 Å². The van der Waals surface area contributed by atoms with Gasteiger partial charge in [-0.15, -0.1) is 17.0 Å². The molecule has 0 aromatic heterocycles. The number of rotatable bonds is 0. The molecular weight excluding hydrogens is 265 g/mol. The van der Waals surface area contributed by atoms with Crippen molar-refractivity contribution in [3.63, 3.8) is 0 Å². The number of anilines is 1. The highest BCUT2D eigenvalue weighted by molar-refractivity contribution is 9.10. The summed E-state index contributed by atoms with van der Waals surface area (Å²) < 4.78 is 13.1. The van der Waals surface area contributed by atoms with Crippen LogP contribution in [0.25, 0.3) is 0 Å². The van der Waals surface area contributed by atoms with Gasteiger partial charge in [-0.25, -0.2) is 4.39 Å². The Kier molecular flexibility index (Phi) is 3.89. The van der Waals surface area contributed by atoms with E-state index in [1.54, 1.807) is 6.07 Å². The van der Waals surface area contributed by atoms with Crippen molar-refractivity contribution < 1.29 is 4.39 Å². The Morgan fingerprint density at radius 3 is 2.40 bits per heavy atom. The van der Waals surface area contributed by atoms with E-state index in [0.717, 1.165) is 0 Å².